The number of hydrogen-bond acceptors (Lipinski definition) is 6. The molecule has 2 aromatic heterocycles. The molecule has 0 aliphatic carbocycles. The summed E-state index contributed by atoms with van der Waals surface area (Å²) in [6, 6.07) is 0. The minimum Gasteiger partial charge on any atom is -0.248 e. The molecule has 0 saturated carbocycles. The molecule has 1 N–H and O–H groups in total. The van der Waals surface area contributed by atoms with Gasteiger partial charge in [0.1, 0.15) is 5.01 Å². The molecule has 2 heterocycles. The molecule has 0 spiro atoms. The molecule has 18 heavy (non-hydrogen) atoms. The lowest BCUT2D eigenvalue weighted by Gasteiger charge is -2.22. The van der Waals surface area contributed by atoms with Crippen LogP contribution in [0.25, 0.3) is 0 Å². The molecule has 2 aromatic rings. The monoisotopic (exact) mass is 323 g/mol. The SMILES string of the molecule is CC(C)(NS(=O)(=O)c1cnc(Cl)s1)c1nccs1. The van der Waals surface area contributed by atoms with E-state index in [2.05, 4.69) is 14.7 Å². The van der Waals surface area contributed by atoms with E-state index in [1.165, 1.54) is 17.5 Å². The number of rotatable bonds is 4. The molecule has 5 nitrogen and oxygen atoms in total. The van der Waals surface area contributed by atoms with E-state index in [0.29, 0.717) is 5.01 Å². The summed E-state index contributed by atoms with van der Waals surface area (Å²) in [5.41, 5.74) is -0.774. The standard InChI is InChI=1S/C9H10ClN3O2S3/c1-9(2,7-11-3-4-16-7)13-18(14,15)6-5-12-8(10)17-6/h3-5,13H,1-2H3. The minimum absolute atomic E-state index is 0.0946. The van der Waals surface area contributed by atoms with Crippen molar-refractivity contribution in [3.63, 3.8) is 0 Å². The summed E-state index contributed by atoms with van der Waals surface area (Å²) in [5, 5.41) is 2.50. The minimum atomic E-state index is -3.63. The summed E-state index contributed by atoms with van der Waals surface area (Å²) in [4.78, 5) is 7.85. The summed E-state index contributed by atoms with van der Waals surface area (Å²) in [6.45, 7) is 3.51. The summed E-state index contributed by atoms with van der Waals surface area (Å²) in [7, 11) is -3.63. The van der Waals surface area contributed by atoms with Gasteiger partial charge in [0.2, 0.25) is 0 Å². The number of nitrogens with one attached hydrogen (secondary N) is 1. The number of sulfonamides is 1. The van der Waals surface area contributed by atoms with E-state index in [-0.39, 0.29) is 8.68 Å². The molecule has 0 aliphatic rings. The van der Waals surface area contributed by atoms with Crippen molar-refractivity contribution in [2.45, 2.75) is 23.6 Å². The second kappa shape index (κ2) is 4.86. The zero-order valence-corrected chi connectivity index (χ0v) is 12.8. The number of nitrogens with zero attached hydrogens (tertiary/aromatic N) is 2. The summed E-state index contributed by atoms with van der Waals surface area (Å²) >= 11 is 7.96. The van der Waals surface area contributed by atoms with Crippen molar-refractivity contribution < 1.29 is 8.42 Å². The molecule has 0 atom stereocenters. The van der Waals surface area contributed by atoms with Crippen LogP contribution in [-0.4, -0.2) is 18.4 Å². The molecule has 0 radical (unpaired) electrons. The number of halogens is 1. The first kappa shape index (κ1) is 13.9. The quantitative estimate of drug-likeness (QED) is 0.938. The molecule has 98 valence electrons. The fourth-order valence-corrected chi connectivity index (χ4v) is 4.78. The third kappa shape index (κ3) is 2.89. The Labute approximate surface area is 118 Å². The van der Waals surface area contributed by atoms with Crippen LogP contribution in [-0.2, 0) is 15.6 Å². The van der Waals surface area contributed by atoms with Crippen LogP contribution in [0.5, 0.6) is 0 Å². The van der Waals surface area contributed by atoms with Gasteiger partial charge in [0.25, 0.3) is 10.0 Å². The lowest BCUT2D eigenvalue weighted by Crippen LogP contribution is -2.40. The van der Waals surface area contributed by atoms with Gasteiger partial charge in [-0.2, -0.15) is 4.72 Å². The van der Waals surface area contributed by atoms with Crippen molar-refractivity contribution in [3.05, 3.63) is 27.2 Å². The van der Waals surface area contributed by atoms with E-state index in [0.717, 1.165) is 11.3 Å². The zero-order valence-electron chi connectivity index (χ0n) is 9.55. The maximum atomic E-state index is 12.1. The molecular weight excluding hydrogens is 314 g/mol. The summed E-state index contributed by atoms with van der Waals surface area (Å²) in [6.07, 6.45) is 2.88. The predicted octanol–water partition coefficient (Wildman–Crippen LogP) is 2.47. The normalized spacial score (nSPS) is 12.8. The van der Waals surface area contributed by atoms with Crippen LogP contribution in [0, 0.1) is 0 Å². The predicted molar refractivity (Wildman–Crippen MR) is 72.6 cm³/mol. The third-order valence-electron chi connectivity index (χ3n) is 2.08. The van der Waals surface area contributed by atoms with Gasteiger partial charge in [0.15, 0.2) is 8.68 Å². The van der Waals surface area contributed by atoms with Gasteiger partial charge in [-0.25, -0.2) is 18.4 Å². The third-order valence-corrected chi connectivity index (χ3v) is 6.41. The van der Waals surface area contributed by atoms with Gasteiger partial charge in [-0.3, -0.25) is 0 Å². The van der Waals surface area contributed by atoms with Crippen LogP contribution in [0.4, 0.5) is 0 Å². The highest BCUT2D eigenvalue weighted by molar-refractivity contribution is 7.91. The van der Waals surface area contributed by atoms with E-state index in [1.54, 1.807) is 25.4 Å². The molecule has 0 bridgehead atoms. The fraction of sp³-hybridized carbons (Fsp3) is 0.333. The highest BCUT2D eigenvalue weighted by Crippen LogP contribution is 2.27. The van der Waals surface area contributed by atoms with Crippen LogP contribution in [0.1, 0.15) is 18.9 Å². The highest BCUT2D eigenvalue weighted by Gasteiger charge is 2.31. The van der Waals surface area contributed by atoms with Crippen LogP contribution in [0.3, 0.4) is 0 Å². The largest absolute Gasteiger partial charge is 0.252 e. The van der Waals surface area contributed by atoms with Crippen molar-refractivity contribution in [2.75, 3.05) is 0 Å². The fourth-order valence-electron chi connectivity index (χ4n) is 1.33. The second-order valence-electron chi connectivity index (χ2n) is 4.00. The Balaban J connectivity index is 2.29. The molecule has 0 fully saturated rings. The molecule has 9 heteroatoms. The van der Waals surface area contributed by atoms with Crippen LogP contribution >= 0.6 is 34.3 Å². The Morgan fingerprint density at radius 1 is 1.39 bits per heavy atom. The Bertz CT molecular complexity index is 634. The van der Waals surface area contributed by atoms with Crippen LogP contribution in [0.15, 0.2) is 22.0 Å². The Morgan fingerprint density at radius 2 is 2.11 bits per heavy atom. The van der Waals surface area contributed by atoms with E-state index >= 15 is 0 Å². The molecule has 0 saturated heterocycles. The van der Waals surface area contributed by atoms with Gasteiger partial charge in [-0.15, -0.1) is 11.3 Å². The average Bonchev–Trinajstić information content (AvgIpc) is 2.84. The molecule has 0 unspecified atom stereocenters. The zero-order chi connectivity index (χ0) is 13.4. The smallest absolute Gasteiger partial charge is 0.248 e. The van der Waals surface area contributed by atoms with E-state index in [1.807, 2.05) is 0 Å². The Kier molecular flexibility index (Phi) is 3.75. The van der Waals surface area contributed by atoms with Gasteiger partial charge >= 0.3 is 0 Å². The molecule has 0 aliphatic heterocycles. The van der Waals surface area contributed by atoms with Gasteiger partial charge in [0.05, 0.1) is 11.7 Å². The Hall–Kier alpha value is -0.540. The number of thiazole rings is 2. The molecule has 2 rings (SSSR count). The van der Waals surface area contributed by atoms with E-state index < -0.39 is 15.6 Å². The number of hydrogen-bond donors (Lipinski definition) is 1. The highest BCUT2D eigenvalue weighted by atomic mass is 35.5. The van der Waals surface area contributed by atoms with Crippen molar-refractivity contribution in [2.24, 2.45) is 0 Å². The average molecular weight is 324 g/mol. The van der Waals surface area contributed by atoms with Gasteiger partial charge in [-0.05, 0) is 13.8 Å². The van der Waals surface area contributed by atoms with Gasteiger partial charge < -0.3 is 0 Å². The Morgan fingerprint density at radius 3 is 2.61 bits per heavy atom. The van der Waals surface area contributed by atoms with Gasteiger partial charge in [-0.1, -0.05) is 22.9 Å². The van der Waals surface area contributed by atoms with Crippen LogP contribution in [0.2, 0.25) is 4.47 Å². The first-order valence-electron chi connectivity index (χ1n) is 4.86. The number of aromatic nitrogens is 2. The summed E-state index contributed by atoms with van der Waals surface area (Å²) < 4.78 is 27.2. The first-order valence-corrected chi connectivity index (χ1v) is 8.42. The lowest BCUT2D eigenvalue weighted by molar-refractivity contribution is 0.470. The maximum Gasteiger partial charge on any atom is 0.252 e. The summed E-state index contributed by atoms with van der Waals surface area (Å²) in [5.74, 6) is 0. The topological polar surface area (TPSA) is 72.0 Å². The van der Waals surface area contributed by atoms with Gasteiger partial charge in [0, 0.05) is 11.6 Å². The molecular formula is C9H10ClN3O2S3. The second-order valence-corrected chi connectivity index (χ2v) is 8.42. The van der Waals surface area contributed by atoms with Crippen molar-refractivity contribution >= 4 is 44.3 Å². The lowest BCUT2D eigenvalue weighted by atomic mass is 10.1. The van der Waals surface area contributed by atoms with Crippen molar-refractivity contribution in [3.8, 4) is 0 Å². The van der Waals surface area contributed by atoms with E-state index in [4.69, 9.17) is 11.6 Å². The first-order chi connectivity index (χ1) is 8.31. The van der Waals surface area contributed by atoms with Crippen molar-refractivity contribution in [1.29, 1.82) is 0 Å². The molecule has 0 aromatic carbocycles. The van der Waals surface area contributed by atoms with Crippen molar-refractivity contribution in [1.82, 2.24) is 14.7 Å². The van der Waals surface area contributed by atoms with E-state index in [9.17, 15) is 8.42 Å². The maximum absolute atomic E-state index is 12.1. The molecule has 0 amide bonds. The van der Waals surface area contributed by atoms with Crippen LogP contribution < -0.4 is 4.72 Å².